The molecule has 0 radical (unpaired) electrons. The maximum Gasteiger partial charge on any atom is 0.343 e. The van der Waals surface area contributed by atoms with Gasteiger partial charge >= 0.3 is 5.97 Å². The lowest BCUT2D eigenvalue weighted by molar-refractivity contribution is 0.0526. The minimum Gasteiger partial charge on any atom is -0.462 e. The van der Waals surface area contributed by atoms with Gasteiger partial charge in [-0.1, -0.05) is 0 Å². The smallest absolute Gasteiger partial charge is 0.343 e. The summed E-state index contributed by atoms with van der Waals surface area (Å²) in [7, 11) is 2.11. The van der Waals surface area contributed by atoms with Gasteiger partial charge in [0, 0.05) is 26.2 Å². The fourth-order valence-corrected chi connectivity index (χ4v) is 2.76. The van der Waals surface area contributed by atoms with Crippen LogP contribution in [0, 0.1) is 6.92 Å². The number of hydrazine groups is 1. The number of rotatable bonds is 4. The second kappa shape index (κ2) is 6.31. The van der Waals surface area contributed by atoms with Crippen molar-refractivity contribution in [1.82, 2.24) is 14.3 Å². The quantitative estimate of drug-likeness (QED) is 0.839. The van der Waals surface area contributed by atoms with Crippen LogP contribution < -0.4 is 5.43 Å². The van der Waals surface area contributed by atoms with Gasteiger partial charge in [-0.2, -0.15) is 4.37 Å². The standard InChI is InChI=1S/C12H20N4O2S/c1-4-18-12(17)10-9(2)14-19-11(10)13-16-7-5-15(3)6-8-16/h13H,4-8H2,1-3H3. The lowest BCUT2D eigenvalue weighted by Crippen LogP contribution is -2.47. The van der Waals surface area contributed by atoms with Crippen LogP contribution in [0.4, 0.5) is 5.00 Å². The summed E-state index contributed by atoms with van der Waals surface area (Å²) in [4.78, 5) is 14.2. The van der Waals surface area contributed by atoms with Crippen molar-refractivity contribution in [3.05, 3.63) is 11.3 Å². The van der Waals surface area contributed by atoms with Gasteiger partial charge in [-0.15, -0.1) is 0 Å². The summed E-state index contributed by atoms with van der Waals surface area (Å²) in [5, 5.41) is 2.90. The van der Waals surface area contributed by atoms with Gasteiger partial charge < -0.3 is 15.1 Å². The second-order valence-electron chi connectivity index (χ2n) is 4.59. The van der Waals surface area contributed by atoms with Gasteiger partial charge in [0.15, 0.2) is 0 Å². The molecule has 106 valence electrons. The summed E-state index contributed by atoms with van der Waals surface area (Å²) >= 11 is 1.31. The molecule has 0 amide bonds. The Labute approximate surface area is 117 Å². The van der Waals surface area contributed by atoms with Gasteiger partial charge in [-0.25, -0.2) is 9.80 Å². The highest BCUT2D eigenvalue weighted by molar-refractivity contribution is 7.10. The van der Waals surface area contributed by atoms with Crippen LogP contribution in [0.3, 0.4) is 0 Å². The minimum atomic E-state index is -0.301. The average molecular weight is 284 g/mol. The van der Waals surface area contributed by atoms with E-state index in [1.165, 1.54) is 11.5 Å². The van der Waals surface area contributed by atoms with Gasteiger partial charge in [0.1, 0.15) is 10.6 Å². The number of aryl methyl sites for hydroxylation is 1. The molecule has 1 aliphatic rings. The van der Waals surface area contributed by atoms with Crippen LogP contribution >= 0.6 is 11.5 Å². The minimum absolute atomic E-state index is 0.301. The van der Waals surface area contributed by atoms with Gasteiger partial charge in [-0.05, 0) is 32.4 Å². The number of nitrogens with one attached hydrogen (secondary N) is 1. The maximum absolute atomic E-state index is 11.9. The van der Waals surface area contributed by atoms with Crippen LogP contribution in [0.15, 0.2) is 0 Å². The first-order valence-electron chi connectivity index (χ1n) is 6.45. The predicted molar refractivity (Wildman–Crippen MR) is 75.5 cm³/mol. The average Bonchev–Trinajstić information content (AvgIpc) is 2.74. The Kier molecular flexibility index (Phi) is 4.73. The molecule has 2 rings (SSSR count). The third-order valence-corrected chi connectivity index (χ3v) is 3.95. The third-order valence-electron chi connectivity index (χ3n) is 3.11. The summed E-state index contributed by atoms with van der Waals surface area (Å²) in [5.41, 5.74) is 4.58. The Hall–Kier alpha value is -1.18. The summed E-state index contributed by atoms with van der Waals surface area (Å²) in [5.74, 6) is -0.301. The van der Waals surface area contributed by atoms with Crippen LogP contribution in [0.5, 0.6) is 0 Å². The zero-order chi connectivity index (χ0) is 13.8. The zero-order valence-corrected chi connectivity index (χ0v) is 12.4. The van der Waals surface area contributed by atoms with Crippen molar-refractivity contribution in [2.45, 2.75) is 13.8 Å². The van der Waals surface area contributed by atoms with E-state index < -0.39 is 0 Å². The van der Waals surface area contributed by atoms with Gasteiger partial charge in [0.25, 0.3) is 0 Å². The van der Waals surface area contributed by atoms with Crippen molar-refractivity contribution >= 4 is 22.5 Å². The molecule has 6 nitrogen and oxygen atoms in total. The molecule has 0 spiro atoms. The number of ether oxygens (including phenoxy) is 1. The van der Waals surface area contributed by atoms with Crippen molar-refractivity contribution in [2.75, 3.05) is 45.3 Å². The van der Waals surface area contributed by atoms with E-state index in [4.69, 9.17) is 4.74 Å². The first-order chi connectivity index (χ1) is 9.11. The fourth-order valence-electron chi connectivity index (χ4n) is 1.95. The maximum atomic E-state index is 11.9. The second-order valence-corrected chi connectivity index (χ2v) is 5.37. The van der Waals surface area contributed by atoms with Crippen molar-refractivity contribution < 1.29 is 9.53 Å². The Morgan fingerprint density at radius 2 is 2.11 bits per heavy atom. The number of esters is 1. The van der Waals surface area contributed by atoms with Crippen LogP contribution in [0.2, 0.25) is 0 Å². The Morgan fingerprint density at radius 1 is 1.42 bits per heavy atom. The van der Waals surface area contributed by atoms with Crippen molar-refractivity contribution in [1.29, 1.82) is 0 Å². The van der Waals surface area contributed by atoms with E-state index in [1.54, 1.807) is 6.92 Å². The summed E-state index contributed by atoms with van der Waals surface area (Å²) in [6.07, 6.45) is 0. The monoisotopic (exact) mass is 284 g/mol. The van der Waals surface area contributed by atoms with Gasteiger partial charge in [-0.3, -0.25) is 0 Å². The number of hydrogen-bond acceptors (Lipinski definition) is 7. The first kappa shape index (κ1) is 14.2. The number of aromatic nitrogens is 1. The van der Waals surface area contributed by atoms with E-state index in [9.17, 15) is 4.79 Å². The van der Waals surface area contributed by atoms with Crippen LogP contribution in [0.25, 0.3) is 0 Å². The van der Waals surface area contributed by atoms with Crippen LogP contribution in [-0.4, -0.2) is 60.1 Å². The van der Waals surface area contributed by atoms with Crippen LogP contribution in [-0.2, 0) is 4.74 Å². The first-order valence-corrected chi connectivity index (χ1v) is 7.22. The van der Waals surface area contributed by atoms with Crippen molar-refractivity contribution in [2.24, 2.45) is 0 Å². The lowest BCUT2D eigenvalue weighted by Gasteiger charge is -2.32. The Bertz CT molecular complexity index is 441. The Balaban J connectivity index is 2.06. The van der Waals surface area contributed by atoms with E-state index >= 15 is 0 Å². The number of nitrogens with zero attached hydrogens (tertiary/aromatic N) is 3. The molecule has 0 aromatic carbocycles. The van der Waals surface area contributed by atoms with Gasteiger partial charge in [0.2, 0.25) is 0 Å². The molecule has 0 saturated carbocycles. The number of carbonyl (C=O) groups excluding carboxylic acids is 1. The normalized spacial score (nSPS) is 17.4. The molecule has 0 atom stereocenters. The lowest BCUT2D eigenvalue weighted by atomic mass is 10.2. The number of carbonyl (C=O) groups is 1. The number of piperazine rings is 1. The zero-order valence-electron chi connectivity index (χ0n) is 11.6. The predicted octanol–water partition coefficient (Wildman–Crippen LogP) is 1.20. The largest absolute Gasteiger partial charge is 0.462 e. The number of likely N-dealkylation sites (N-methyl/N-ethyl adjacent to an activating group) is 1. The number of hydrogen-bond donors (Lipinski definition) is 1. The molecule has 1 N–H and O–H groups in total. The molecule has 7 heteroatoms. The van der Waals surface area contributed by atoms with Crippen molar-refractivity contribution in [3.63, 3.8) is 0 Å². The van der Waals surface area contributed by atoms with E-state index in [0.29, 0.717) is 12.2 Å². The topological polar surface area (TPSA) is 57.7 Å². The van der Waals surface area contributed by atoms with E-state index in [-0.39, 0.29) is 5.97 Å². The molecule has 19 heavy (non-hydrogen) atoms. The molecule has 1 saturated heterocycles. The molecule has 0 aliphatic carbocycles. The van der Waals surface area contributed by atoms with Crippen molar-refractivity contribution in [3.8, 4) is 0 Å². The molecule has 0 unspecified atom stereocenters. The molecule has 1 fully saturated rings. The molecular weight excluding hydrogens is 264 g/mol. The highest BCUT2D eigenvalue weighted by Crippen LogP contribution is 2.26. The highest BCUT2D eigenvalue weighted by atomic mass is 32.1. The van der Waals surface area contributed by atoms with E-state index in [0.717, 1.165) is 36.9 Å². The summed E-state index contributed by atoms with van der Waals surface area (Å²) < 4.78 is 9.32. The summed E-state index contributed by atoms with van der Waals surface area (Å²) in [6, 6.07) is 0. The van der Waals surface area contributed by atoms with Crippen LogP contribution in [0.1, 0.15) is 23.0 Å². The highest BCUT2D eigenvalue weighted by Gasteiger charge is 2.22. The fraction of sp³-hybridized carbons (Fsp3) is 0.667. The molecule has 1 aromatic rings. The molecule has 1 aliphatic heterocycles. The Morgan fingerprint density at radius 3 is 2.74 bits per heavy atom. The molecule has 1 aromatic heterocycles. The number of anilines is 1. The van der Waals surface area contributed by atoms with E-state index in [1.807, 2.05) is 6.92 Å². The molecular formula is C12H20N4O2S. The SMILES string of the molecule is CCOC(=O)c1c(C)nsc1NN1CCN(C)CC1. The molecule has 2 heterocycles. The summed E-state index contributed by atoms with van der Waals surface area (Å²) in [6.45, 7) is 7.89. The molecule has 0 bridgehead atoms. The third kappa shape index (κ3) is 3.43. The van der Waals surface area contributed by atoms with Gasteiger partial charge in [0.05, 0.1) is 12.3 Å². The van der Waals surface area contributed by atoms with E-state index in [2.05, 4.69) is 26.8 Å².